The zero-order valence-electron chi connectivity index (χ0n) is 62.7. The van der Waals surface area contributed by atoms with Crippen LogP contribution in [0.1, 0.15) is 74.9 Å². The minimum absolute atomic E-state index is 0.0210. The third kappa shape index (κ3) is 30.6. The first-order chi connectivity index (χ1) is 57.5. The van der Waals surface area contributed by atoms with Gasteiger partial charge in [-0.15, -0.1) is 28.6 Å². The van der Waals surface area contributed by atoms with Gasteiger partial charge in [-0.3, -0.25) is 27.6 Å². The summed E-state index contributed by atoms with van der Waals surface area (Å²) >= 11 is 39.7. The van der Waals surface area contributed by atoms with Crippen molar-refractivity contribution in [2.45, 2.75) is 104 Å². The zero-order valence-corrected chi connectivity index (χ0v) is 81.4. The maximum Gasteiger partial charge on any atom is 0.399 e. The lowest BCUT2D eigenvalue weighted by Crippen LogP contribution is -2.14. The lowest BCUT2D eigenvalue weighted by atomic mass is 10.1. The van der Waals surface area contributed by atoms with Crippen molar-refractivity contribution < 1.29 is 116 Å². The number of nitrogens with zero attached hydrogens (tertiary/aromatic N) is 7. The topological polar surface area (TPSA) is 403 Å². The molecule has 11 aromatic rings. The average Bonchev–Trinajstić information content (AvgIpc) is 0.956. The van der Waals surface area contributed by atoms with E-state index in [-0.39, 0.29) is 27.9 Å². The number of H-pyrrole nitrogens is 1. The number of alkyl halides is 10. The molecule has 0 aliphatic rings. The number of nitrogens with one attached hydrogen (secondary N) is 1. The van der Waals surface area contributed by atoms with Gasteiger partial charge in [-0.2, -0.15) is 43.9 Å². The standard InChI is InChI=1S/C18H16BrF2N2O4PS.C14H10BrCl2F2O3PS.C14H11BrClF2O3PS.C14H14BrF2N2O3PS.C12H14BrF2N4O3PS/c19-14-10-11(7-8-13(14)18(20,21)28(25,26)27)4-3-9-29-17-22-15-6-2-1-5-12(15)16(24)23-17;15-13-3-8(1-2-12(13)14(18,19)23(20,21)22)7-24-11-5-9(16)4-10(17)6-11;15-13-7-9(8-23-11-4-2-10(16)3-5-11)1-6-12(13)14(17,18)22(19,20)21;15-12-9-10(3-1-8-24-13-18-6-2-7-19-13)4-5-11(12)14(16,17)23(20,21)22;1-19-11(16-17-18-19)24-6-2-3-8-4-5-9(10(13)7-8)12(14,15)23(20,21)22/h1-2,5-8,10H,3-4,9H2,(H,22,23,24)(H2,25,26,27);1-6H,7H2,(H2,20,21,22);1-7H,8H2,(H2,19,20,21);2,4-7,9H,1,3,8H2,(H2,20,21,22);4-5,7H,2-3,6H2,1H3,(H2,20,21,22). The first kappa shape index (κ1) is 107. The number of para-hydroxylation sites is 1. The number of fused-ring (bicyclic) bond motifs is 1. The minimum Gasteiger partial charge on any atom is -0.320 e. The van der Waals surface area contributed by atoms with E-state index in [9.17, 15) is 71.5 Å². The van der Waals surface area contributed by atoms with Crippen LogP contribution in [0.15, 0.2) is 229 Å². The molecule has 0 radical (unpaired) electrons. The number of halogens is 18. The van der Waals surface area contributed by atoms with E-state index in [1.807, 2.05) is 12.1 Å². The number of tetrazole rings is 1. The van der Waals surface area contributed by atoms with Crippen LogP contribution in [0.3, 0.4) is 0 Å². The van der Waals surface area contributed by atoms with Gasteiger partial charge >= 0.3 is 66.3 Å². The highest BCUT2D eigenvalue weighted by Gasteiger charge is 2.55. The molecule has 0 amide bonds. The molecule has 11 rings (SSSR count). The largest absolute Gasteiger partial charge is 0.399 e. The Hall–Kier alpha value is -3.88. The quantitative estimate of drug-likeness (QED) is 0.00632. The highest BCUT2D eigenvalue weighted by molar-refractivity contribution is 9.11. The number of rotatable bonds is 31. The van der Waals surface area contributed by atoms with Crippen molar-refractivity contribution in [3.8, 4) is 0 Å². The summed E-state index contributed by atoms with van der Waals surface area (Å²) in [6.45, 7) is 0. The van der Waals surface area contributed by atoms with Crippen LogP contribution in [0.25, 0.3) is 10.9 Å². The Bertz CT molecular complexity index is 5840. The molecule has 0 spiro atoms. The van der Waals surface area contributed by atoms with E-state index in [1.165, 1.54) is 119 Å². The first-order valence-electron chi connectivity index (χ1n) is 34.5. The van der Waals surface area contributed by atoms with Crippen molar-refractivity contribution in [2.24, 2.45) is 7.05 Å². The SMILES string of the molecule is Cn1nnnc1SCCCc1ccc(C(F)(F)P(=O)(O)O)c(Br)c1.O=P(O)(O)C(F)(F)c1ccc(CCCSc2ncccn2)cc1Br.O=P(O)(O)C(F)(F)c1ccc(CSc2cc(Cl)cc(Cl)c2)cc1Br.O=P(O)(O)C(F)(F)c1ccc(CSc2ccc(Cl)cc2)cc1Br.O=c1[nH]c(SCCCc2ccc(C(F)(F)P(=O)(O)O)c(Br)c2)nc2ccccc12. The lowest BCUT2D eigenvalue weighted by Gasteiger charge is -2.19. The van der Waals surface area contributed by atoms with E-state index in [2.05, 4.69) is 115 Å². The minimum atomic E-state index is -5.62. The zero-order chi connectivity index (χ0) is 92.4. The van der Waals surface area contributed by atoms with Crippen LogP contribution in [-0.2, 0) is 89.0 Å². The summed E-state index contributed by atoms with van der Waals surface area (Å²) in [6, 6.07) is 40.5. The van der Waals surface area contributed by atoms with Crippen molar-refractivity contribution in [3.63, 3.8) is 0 Å². The normalized spacial score (nSPS) is 12.5. The van der Waals surface area contributed by atoms with Crippen LogP contribution >= 0.6 is 211 Å². The van der Waals surface area contributed by atoms with Crippen LogP contribution in [0.4, 0.5) is 43.9 Å². The van der Waals surface area contributed by atoms with Crippen molar-refractivity contribution in [1.82, 2.24) is 40.1 Å². The fourth-order valence-corrected chi connectivity index (χ4v) is 21.7. The molecule has 0 aliphatic carbocycles. The Morgan fingerprint density at radius 1 is 0.411 bits per heavy atom. The van der Waals surface area contributed by atoms with Gasteiger partial charge in [0.25, 0.3) is 5.56 Å². The van der Waals surface area contributed by atoms with Crippen molar-refractivity contribution in [3.05, 3.63) is 280 Å². The number of aryl methyl sites for hydroxylation is 4. The first-order valence-corrected chi connectivity index (χ1v) is 52.6. The Morgan fingerprint density at radius 2 is 0.758 bits per heavy atom. The van der Waals surface area contributed by atoms with E-state index in [1.54, 1.807) is 84.8 Å². The molecule has 124 heavy (non-hydrogen) atoms. The van der Waals surface area contributed by atoms with Gasteiger partial charge in [0, 0.05) is 123 Å². The highest BCUT2D eigenvalue weighted by Crippen LogP contribution is 2.65. The summed E-state index contributed by atoms with van der Waals surface area (Å²) in [6.07, 6.45) is 7.37. The molecule has 3 aromatic heterocycles. The summed E-state index contributed by atoms with van der Waals surface area (Å²) in [5.41, 5.74) is -20.7. The number of aromatic nitrogens is 8. The maximum atomic E-state index is 13.9. The maximum absolute atomic E-state index is 13.9. The Kier molecular flexibility index (Phi) is 40.2. The number of aromatic amines is 1. The van der Waals surface area contributed by atoms with Gasteiger partial charge in [0.05, 0.1) is 10.9 Å². The van der Waals surface area contributed by atoms with Crippen molar-refractivity contribution >= 4 is 222 Å². The summed E-state index contributed by atoms with van der Waals surface area (Å²) in [7, 11) is -26.2. The van der Waals surface area contributed by atoms with E-state index >= 15 is 0 Å². The van der Waals surface area contributed by atoms with Gasteiger partial charge in [-0.05, 0) is 168 Å². The molecular formula is C72H65Br5Cl3F10N8O16P5S5. The summed E-state index contributed by atoms with van der Waals surface area (Å²) in [4.78, 5) is 117. The monoisotopic (exact) mass is 2300 g/mol. The lowest BCUT2D eigenvalue weighted by molar-refractivity contribution is 0.0557. The third-order valence-electron chi connectivity index (χ3n) is 16.3. The Labute approximate surface area is 778 Å². The van der Waals surface area contributed by atoms with Crippen molar-refractivity contribution in [1.29, 1.82) is 0 Å². The van der Waals surface area contributed by atoms with Gasteiger partial charge < -0.3 is 53.9 Å². The molecule has 11 N–H and O–H groups in total. The second kappa shape index (κ2) is 46.5. The molecule has 0 saturated heterocycles. The van der Waals surface area contributed by atoms with Gasteiger partial charge in [-0.25, -0.2) is 19.6 Å². The molecular weight excluding hydrogens is 2240 g/mol. The summed E-state index contributed by atoms with van der Waals surface area (Å²) in [5, 5.41) is 15.1. The van der Waals surface area contributed by atoms with E-state index in [0.29, 0.717) is 89.9 Å². The second-order valence-electron chi connectivity index (χ2n) is 25.5. The molecule has 0 aliphatic heterocycles. The van der Waals surface area contributed by atoms with Gasteiger partial charge in [0.15, 0.2) is 10.3 Å². The van der Waals surface area contributed by atoms with Crippen LogP contribution < -0.4 is 5.56 Å². The number of benzene rings is 8. The van der Waals surface area contributed by atoms with Crippen LogP contribution in [0.5, 0.6) is 0 Å². The van der Waals surface area contributed by atoms with E-state index in [4.69, 9.17) is 83.7 Å². The molecule has 670 valence electrons. The molecule has 0 fully saturated rings. The molecule has 24 nitrogen and oxygen atoms in total. The second-order valence-corrected chi connectivity index (χ2v) is 44.6. The fraction of sp³-hybridized carbons (Fsp3) is 0.236. The smallest absolute Gasteiger partial charge is 0.320 e. The molecule has 0 saturated carbocycles. The van der Waals surface area contributed by atoms with E-state index < -0.39 is 94.1 Å². The predicted octanol–water partition coefficient (Wildman–Crippen LogP) is 23.7. The third-order valence-corrected chi connectivity index (χ3v) is 30.3. The average molecular weight is 2310 g/mol. The number of hydrogen-bond acceptors (Lipinski definition) is 17. The predicted molar refractivity (Wildman–Crippen MR) is 478 cm³/mol. The Balaban J connectivity index is 0.000000214. The van der Waals surface area contributed by atoms with Crippen molar-refractivity contribution in [2.75, 3.05) is 17.3 Å². The van der Waals surface area contributed by atoms with Crippen LogP contribution in [0, 0.1) is 0 Å². The van der Waals surface area contributed by atoms with E-state index in [0.717, 1.165) is 86.7 Å². The number of thioether (sulfide) groups is 5. The fourth-order valence-electron chi connectivity index (χ4n) is 10.1. The van der Waals surface area contributed by atoms with Gasteiger partial charge in [0.1, 0.15) is 0 Å². The molecule has 0 atom stereocenters. The van der Waals surface area contributed by atoms with Gasteiger partial charge in [0.2, 0.25) is 5.16 Å². The van der Waals surface area contributed by atoms with Gasteiger partial charge in [-0.1, -0.05) is 223 Å². The molecule has 52 heteroatoms. The number of hydrogen-bond donors (Lipinski definition) is 11. The molecule has 8 aromatic carbocycles. The highest BCUT2D eigenvalue weighted by atomic mass is 79.9. The molecule has 3 heterocycles. The Morgan fingerprint density at radius 3 is 1.12 bits per heavy atom. The summed E-state index contributed by atoms with van der Waals surface area (Å²) in [5.74, 6) is 3.10. The van der Waals surface area contributed by atoms with Crippen LogP contribution in [-0.4, -0.2) is 106 Å². The van der Waals surface area contributed by atoms with Crippen LogP contribution in [0.2, 0.25) is 15.1 Å². The summed E-state index contributed by atoms with van der Waals surface area (Å²) < 4.78 is 194. The molecule has 0 unspecified atom stereocenters. The molecule has 0 bridgehead atoms.